The summed E-state index contributed by atoms with van der Waals surface area (Å²) in [5.41, 5.74) is 0.297. The number of hydrogen-bond donors (Lipinski definition) is 0. The fraction of sp³-hybridized carbons (Fsp3) is 0.526. The minimum Gasteiger partial charge on any atom is -0.492 e. The summed E-state index contributed by atoms with van der Waals surface area (Å²) < 4.78 is 18.2. The predicted molar refractivity (Wildman–Crippen MR) is 96.3 cm³/mol. The minimum absolute atomic E-state index is 0.372. The smallest absolute Gasteiger partial charge is 0.418 e. The maximum Gasteiger partial charge on any atom is 0.418 e. The number of rotatable bonds is 4. The van der Waals surface area contributed by atoms with E-state index in [1.54, 1.807) is 6.20 Å². The molecule has 0 N–H and O–H groups in total. The van der Waals surface area contributed by atoms with Gasteiger partial charge in [0, 0.05) is 31.2 Å². The highest BCUT2D eigenvalue weighted by Crippen LogP contribution is 2.23. The molecule has 3 rings (SSSR count). The molecule has 0 saturated carbocycles. The number of fused-ring (bicyclic) bond motifs is 1. The van der Waals surface area contributed by atoms with Gasteiger partial charge in [0.2, 0.25) is 0 Å². The number of benzene rings is 1. The van der Waals surface area contributed by atoms with Crippen LogP contribution in [0, 0.1) is 0 Å². The molecular formula is C19H26N2O4. The van der Waals surface area contributed by atoms with Crippen molar-refractivity contribution in [1.29, 1.82) is 0 Å². The second-order valence-corrected chi connectivity index (χ2v) is 7.19. The molecule has 1 aliphatic rings. The topological polar surface area (TPSA) is 52.9 Å². The zero-order valence-corrected chi connectivity index (χ0v) is 15.2. The molecule has 136 valence electrons. The maximum absolute atomic E-state index is 12.3. The monoisotopic (exact) mass is 346 g/mol. The van der Waals surface area contributed by atoms with E-state index in [-0.39, 0.29) is 6.09 Å². The highest BCUT2D eigenvalue weighted by molar-refractivity contribution is 5.90. The fourth-order valence-corrected chi connectivity index (χ4v) is 2.80. The first-order valence-corrected chi connectivity index (χ1v) is 8.70. The van der Waals surface area contributed by atoms with Crippen molar-refractivity contribution >= 4 is 17.0 Å². The Bertz CT molecular complexity index is 727. The van der Waals surface area contributed by atoms with Gasteiger partial charge < -0.3 is 14.2 Å². The largest absolute Gasteiger partial charge is 0.492 e. The van der Waals surface area contributed by atoms with Crippen molar-refractivity contribution in [2.24, 2.45) is 0 Å². The highest BCUT2D eigenvalue weighted by Gasteiger charge is 2.19. The van der Waals surface area contributed by atoms with E-state index in [9.17, 15) is 4.79 Å². The molecule has 0 atom stereocenters. The molecule has 6 nitrogen and oxygen atoms in total. The van der Waals surface area contributed by atoms with E-state index in [4.69, 9.17) is 14.2 Å². The van der Waals surface area contributed by atoms with Crippen LogP contribution in [0.3, 0.4) is 0 Å². The first-order chi connectivity index (χ1) is 11.9. The molecule has 1 aromatic heterocycles. The van der Waals surface area contributed by atoms with Gasteiger partial charge in [-0.1, -0.05) is 0 Å². The van der Waals surface area contributed by atoms with Crippen molar-refractivity contribution in [3.05, 3.63) is 30.5 Å². The van der Waals surface area contributed by atoms with Crippen molar-refractivity contribution in [2.45, 2.75) is 26.4 Å². The Morgan fingerprint density at radius 1 is 1.20 bits per heavy atom. The van der Waals surface area contributed by atoms with Gasteiger partial charge in [0.05, 0.1) is 18.7 Å². The van der Waals surface area contributed by atoms with Crippen molar-refractivity contribution in [1.82, 2.24) is 9.47 Å². The quantitative estimate of drug-likeness (QED) is 0.851. The van der Waals surface area contributed by atoms with Crippen LogP contribution in [0.15, 0.2) is 30.5 Å². The van der Waals surface area contributed by atoms with E-state index < -0.39 is 5.60 Å². The third-order valence-corrected chi connectivity index (χ3v) is 4.03. The molecule has 1 aliphatic heterocycles. The summed E-state index contributed by atoms with van der Waals surface area (Å²) in [6.45, 7) is 10.6. The number of aromatic nitrogens is 1. The lowest BCUT2D eigenvalue weighted by Crippen LogP contribution is -2.38. The summed E-state index contributed by atoms with van der Waals surface area (Å²) in [6.07, 6.45) is 1.36. The van der Waals surface area contributed by atoms with Gasteiger partial charge in [0.25, 0.3) is 0 Å². The number of nitrogens with zero attached hydrogens (tertiary/aromatic N) is 2. The van der Waals surface area contributed by atoms with Crippen LogP contribution in [0.1, 0.15) is 20.8 Å². The lowest BCUT2D eigenvalue weighted by molar-refractivity contribution is 0.0322. The summed E-state index contributed by atoms with van der Waals surface area (Å²) in [5.74, 6) is 0.808. The molecule has 0 spiro atoms. The Balaban J connectivity index is 1.62. The summed E-state index contributed by atoms with van der Waals surface area (Å²) in [7, 11) is 0. The number of carbonyl (C=O) groups is 1. The number of ether oxygens (including phenoxy) is 3. The molecule has 1 saturated heterocycles. The second-order valence-electron chi connectivity index (χ2n) is 7.19. The molecule has 2 heterocycles. The lowest BCUT2D eigenvalue weighted by atomic mass is 10.2. The Labute approximate surface area is 148 Å². The van der Waals surface area contributed by atoms with E-state index in [2.05, 4.69) is 4.90 Å². The summed E-state index contributed by atoms with van der Waals surface area (Å²) in [6, 6.07) is 7.63. The van der Waals surface area contributed by atoms with Crippen LogP contribution < -0.4 is 4.74 Å². The summed E-state index contributed by atoms with van der Waals surface area (Å²) in [4.78, 5) is 14.6. The molecule has 6 heteroatoms. The van der Waals surface area contributed by atoms with Crippen LogP contribution in [0.25, 0.3) is 10.9 Å². The van der Waals surface area contributed by atoms with Crippen LogP contribution in [0.2, 0.25) is 0 Å². The van der Waals surface area contributed by atoms with E-state index in [1.165, 1.54) is 4.57 Å². The lowest BCUT2D eigenvalue weighted by Gasteiger charge is -2.26. The van der Waals surface area contributed by atoms with Crippen molar-refractivity contribution in [2.75, 3.05) is 39.5 Å². The van der Waals surface area contributed by atoms with Gasteiger partial charge in [-0.2, -0.15) is 0 Å². The standard InChI is InChI=1S/C19H26N2O4/c1-19(2,3)25-18(22)21-7-6-15-14-16(4-5-17(15)21)24-13-10-20-8-11-23-12-9-20/h4-7,14H,8-13H2,1-3H3. The van der Waals surface area contributed by atoms with Crippen molar-refractivity contribution < 1.29 is 19.0 Å². The molecule has 1 aromatic carbocycles. The molecule has 0 unspecified atom stereocenters. The number of morpholine rings is 1. The van der Waals surface area contributed by atoms with E-state index in [1.807, 2.05) is 45.0 Å². The zero-order chi connectivity index (χ0) is 17.9. The van der Waals surface area contributed by atoms with Crippen molar-refractivity contribution in [3.63, 3.8) is 0 Å². The number of hydrogen-bond acceptors (Lipinski definition) is 5. The van der Waals surface area contributed by atoms with Gasteiger partial charge in [-0.3, -0.25) is 9.47 Å². The molecule has 1 fully saturated rings. The molecule has 25 heavy (non-hydrogen) atoms. The second kappa shape index (κ2) is 7.45. The van der Waals surface area contributed by atoms with Crippen LogP contribution in [0.4, 0.5) is 4.79 Å². The highest BCUT2D eigenvalue weighted by atomic mass is 16.6. The maximum atomic E-state index is 12.3. The van der Waals surface area contributed by atoms with E-state index in [0.717, 1.165) is 49.5 Å². The molecule has 0 amide bonds. The fourth-order valence-electron chi connectivity index (χ4n) is 2.80. The van der Waals surface area contributed by atoms with Gasteiger partial charge in [-0.15, -0.1) is 0 Å². The van der Waals surface area contributed by atoms with Crippen molar-refractivity contribution in [3.8, 4) is 5.75 Å². The molecule has 2 aromatic rings. The zero-order valence-electron chi connectivity index (χ0n) is 15.2. The first-order valence-electron chi connectivity index (χ1n) is 8.70. The Hall–Kier alpha value is -2.05. The van der Waals surface area contributed by atoms with Crippen LogP contribution >= 0.6 is 0 Å². The van der Waals surface area contributed by atoms with E-state index >= 15 is 0 Å². The van der Waals surface area contributed by atoms with Crippen LogP contribution in [-0.2, 0) is 9.47 Å². The Kier molecular flexibility index (Phi) is 5.30. The van der Waals surface area contributed by atoms with E-state index in [0.29, 0.717) is 6.61 Å². The van der Waals surface area contributed by atoms with Gasteiger partial charge in [-0.05, 0) is 45.0 Å². The average Bonchev–Trinajstić information content (AvgIpc) is 2.97. The predicted octanol–water partition coefficient (Wildman–Crippen LogP) is 3.14. The number of carbonyl (C=O) groups excluding carboxylic acids is 1. The molecule has 0 bridgehead atoms. The minimum atomic E-state index is -0.518. The summed E-state index contributed by atoms with van der Waals surface area (Å²) >= 11 is 0. The third kappa shape index (κ3) is 4.74. The SMILES string of the molecule is CC(C)(C)OC(=O)n1ccc2cc(OCCN3CCOCC3)ccc21. The Morgan fingerprint density at radius 3 is 2.68 bits per heavy atom. The van der Waals surface area contributed by atoms with Gasteiger partial charge in [0.15, 0.2) is 0 Å². The Morgan fingerprint density at radius 2 is 1.96 bits per heavy atom. The third-order valence-electron chi connectivity index (χ3n) is 4.03. The first kappa shape index (κ1) is 17.8. The molecular weight excluding hydrogens is 320 g/mol. The van der Waals surface area contributed by atoms with Crippen LogP contribution in [-0.4, -0.2) is 60.6 Å². The summed E-state index contributed by atoms with van der Waals surface area (Å²) in [5, 5.41) is 0.953. The van der Waals surface area contributed by atoms with Gasteiger partial charge in [-0.25, -0.2) is 4.79 Å². The van der Waals surface area contributed by atoms with Gasteiger partial charge >= 0.3 is 6.09 Å². The molecule has 0 radical (unpaired) electrons. The normalized spacial score (nSPS) is 16.1. The van der Waals surface area contributed by atoms with Gasteiger partial charge in [0.1, 0.15) is 18.0 Å². The average molecular weight is 346 g/mol. The molecule has 0 aliphatic carbocycles. The van der Waals surface area contributed by atoms with Crippen LogP contribution in [0.5, 0.6) is 5.75 Å².